The molecule has 0 atom stereocenters. The summed E-state index contributed by atoms with van der Waals surface area (Å²) in [6.07, 6.45) is 0.244. The van der Waals surface area contributed by atoms with Gasteiger partial charge < -0.3 is 14.8 Å². The number of fused-ring (bicyclic) bond motifs is 1. The monoisotopic (exact) mass is 377 g/mol. The molecular weight excluding hydrogens is 354 g/mol. The Kier molecular flexibility index (Phi) is 4.77. The number of ether oxygens (including phenoxy) is 2. The van der Waals surface area contributed by atoms with E-state index in [0.29, 0.717) is 24.8 Å². The van der Waals surface area contributed by atoms with Crippen molar-refractivity contribution in [3.63, 3.8) is 0 Å². The first-order valence-corrected chi connectivity index (χ1v) is 9.32. The molecule has 2 aromatic carbocycles. The van der Waals surface area contributed by atoms with Crippen molar-refractivity contribution in [2.75, 3.05) is 18.5 Å². The number of aromatic nitrogens is 2. The molecule has 3 aromatic rings. The van der Waals surface area contributed by atoms with Gasteiger partial charge in [-0.2, -0.15) is 5.10 Å². The fourth-order valence-electron chi connectivity index (χ4n) is 3.43. The van der Waals surface area contributed by atoms with E-state index >= 15 is 0 Å². The first kappa shape index (κ1) is 18.1. The summed E-state index contributed by atoms with van der Waals surface area (Å²) in [4.78, 5) is 12.7. The lowest BCUT2D eigenvalue weighted by atomic mass is 10.1. The van der Waals surface area contributed by atoms with E-state index in [4.69, 9.17) is 9.47 Å². The number of anilines is 1. The van der Waals surface area contributed by atoms with Gasteiger partial charge in [0.2, 0.25) is 5.91 Å². The Hall–Kier alpha value is -3.28. The summed E-state index contributed by atoms with van der Waals surface area (Å²) >= 11 is 0. The fourth-order valence-corrected chi connectivity index (χ4v) is 3.43. The lowest BCUT2D eigenvalue weighted by molar-refractivity contribution is -0.115. The molecule has 28 heavy (non-hydrogen) atoms. The van der Waals surface area contributed by atoms with Crippen molar-refractivity contribution >= 4 is 11.7 Å². The van der Waals surface area contributed by atoms with Gasteiger partial charge >= 0.3 is 0 Å². The summed E-state index contributed by atoms with van der Waals surface area (Å²) in [5.74, 6) is 1.96. The molecule has 1 aliphatic rings. The molecule has 6 nitrogen and oxygen atoms in total. The topological polar surface area (TPSA) is 65.4 Å². The van der Waals surface area contributed by atoms with E-state index in [-0.39, 0.29) is 12.3 Å². The van der Waals surface area contributed by atoms with Crippen LogP contribution in [-0.4, -0.2) is 28.9 Å². The Balaban J connectivity index is 1.54. The summed E-state index contributed by atoms with van der Waals surface area (Å²) in [6.45, 7) is 7.08. The molecule has 0 bridgehead atoms. The van der Waals surface area contributed by atoms with Crippen LogP contribution >= 0.6 is 0 Å². The molecule has 1 N–H and O–H groups in total. The van der Waals surface area contributed by atoms with Gasteiger partial charge in [-0.1, -0.05) is 12.1 Å². The Labute approximate surface area is 164 Å². The summed E-state index contributed by atoms with van der Waals surface area (Å²) in [7, 11) is 0. The Morgan fingerprint density at radius 3 is 2.46 bits per heavy atom. The molecule has 4 rings (SSSR count). The highest BCUT2D eigenvalue weighted by Gasteiger charge is 2.15. The van der Waals surface area contributed by atoms with Gasteiger partial charge in [0.05, 0.1) is 17.8 Å². The van der Waals surface area contributed by atoms with E-state index < -0.39 is 0 Å². The van der Waals surface area contributed by atoms with E-state index in [1.54, 1.807) is 4.68 Å². The number of aryl methyl sites for hydroxylation is 3. The largest absolute Gasteiger partial charge is 0.486 e. The van der Waals surface area contributed by atoms with E-state index in [1.807, 2.05) is 45.0 Å². The van der Waals surface area contributed by atoms with Crippen molar-refractivity contribution < 1.29 is 14.3 Å². The number of amides is 1. The van der Waals surface area contributed by atoms with Crippen LogP contribution < -0.4 is 14.8 Å². The predicted molar refractivity (Wildman–Crippen MR) is 108 cm³/mol. The summed E-state index contributed by atoms with van der Waals surface area (Å²) < 4.78 is 12.9. The van der Waals surface area contributed by atoms with E-state index in [1.165, 1.54) is 0 Å². The number of carbonyl (C=O) groups is 1. The number of hydrogen-bond acceptors (Lipinski definition) is 4. The van der Waals surface area contributed by atoms with Gasteiger partial charge in [-0.25, -0.2) is 4.68 Å². The standard InChI is InChI=1S/C22H23N3O3/c1-14-8-15(2)10-18(9-14)25-21(11-16(3)24-25)23-22(26)13-17-4-5-19-20(12-17)28-7-6-27-19/h4-5,8-12H,6-7,13H2,1-3H3,(H,23,26). The number of benzene rings is 2. The van der Waals surface area contributed by atoms with Crippen LogP contribution in [0.2, 0.25) is 0 Å². The van der Waals surface area contributed by atoms with Crippen LogP contribution in [0.5, 0.6) is 11.5 Å². The fraction of sp³-hybridized carbons (Fsp3) is 0.273. The van der Waals surface area contributed by atoms with Gasteiger partial charge in [-0.3, -0.25) is 4.79 Å². The van der Waals surface area contributed by atoms with E-state index in [0.717, 1.165) is 33.8 Å². The van der Waals surface area contributed by atoms with Crippen LogP contribution in [0.15, 0.2) is 42.5 Å². The molecule has 144 valence electrons. The molecule has 1 amide bonds. The van der Waals surface area contributed by atoms with Crippen molar-refractivity contribution in [1.29, 1.82) is 0 Å². The first-order valence-electron chi connectivity index (χ1n) is 9.32. The molecule has 0 fully saturated rings. The quantitative estimate of drug-likeness (QED) is 0.752. The number of hydrogen-bond donors (Lipinski definition) is 1. The molecule has 0 aliphatic carbocycles. The van der Waals surface area contributed by atoms with Crippen LogP contribution in [0, 0.1) is 20.8 Å². The molecule has 6 heteroatoms. The first-order chi connectivity index (χ1) is 13.5. The molecule has 0 unspecified atom stereocenters. The van der Waals surface area contributed by atoms with Gasteiger partial charge in [0.15, 0.2) is 11.5 Å². The highest BCUT2D eigenvalue weighted by atomic mass is 16.6. The predicted octanol–water partition coefficient (Wildman–Crippen LogP) is 3.75. The minimum absolute atomic E-state index is 0.109. The smallest absolute Gasteiger partial charge is 0.229 e. The molecule has 2 heterocycles. The minimum atomic E-state index is -0.109. The van der Waals surface area contributed by atoms with E-state index in [9.17, 15) is 4.79 Å². The lowest BCUT2D eigenvalue weighted by Gasteiger charge is -2.18. The molecule has 1 aliphatic heterocycles. The SMILES string of the molecule is Cc1cc(C)cc(-n2nc(C)cc2NC(=O)Cc2ccc3c(c2)OCCO3)c1. The second-order valence-corrected chi connectivity index (χ2v) is 7.13. The Morgan fingerprint density at radius 2 is 1.71 bits per heavy atom. The van der Waals surface area contributed by atoms with Gasteiger partial charge in [0.1, 0.15) is 19.0 Å². The van der Waals surface area contributed by atoms with Gasteiger partial charge in [-0.15, -0.1) is 0 Å². The zero-order valence-electron chi connectivity index (χ0n) is 16.3. The second-order valence-electron chi connectivity index (χ2n) is 7.13. The molecule has 0 saturated carbocycles. The number of rotatable bonds is 4. The third-order valence-corrected chi connectivity index (χ3v) is 4.52. The average Bonchev–Trinajstić information content (AvgIpc) is 3.01. The molecule has 1 aromatic heterocycles. The third-order valence-electron chi connectivity index (χ3n) is 4.52. The van der Waals surface area contributed by atoms with Gasteiger partial charge in [0.25, 0.3) is 0 Å². The van der Waals surface area contributed by atoms with Gasteiger partial charge in [-0.05, 0) is 61.7 Å². The highest BCUT2D eigenvalue weighted by molar-refractivity contribution is 5.92. The maximum absolute atomic E-state index is 12.7. The molecule has 0 spiro atoms. The summed E-state index contributed by atoms with van der Waals surface area (Å²) in [6, 6.07) is 13.7. The lowest BCUT2D eigenvalue weighted by Crippen LogP contribution is -2.18. The van der Waals surface area contributed by atoms with Crippen LogP contribution in [-0.2, 0) is 11.2 Å². The van der Waals surface area contributed by atoms with Gasteiger partial charge in [0, 0.05) is 6.07 Å². The van der Waals surface area contributed by atoms with Crippen LogP contribution in [0.1, 0.15) is 22.4 Å². The zero-order chi connectivity index (χ0) is 19.7. The minimum Gasteiger partial charge on any atom is -0.486 e. The van der Waals surface area contributed by atoms with Crippen molar-refractivity contribution in [2.45, 2.75) is 27.2 Å². The highest BCUT2D eigenvalue weighted by Crippen LogP contribution is 2.31. The maximum atomic E-state index is 12.7. The van der Waals surface area contributed by atoms with Crippen LogP contribution in [0.4, 0.5) is 5.82 Å². The number of nitrogens with one attached hydrogen (secondary N) is 1. The number of carbonyl (C=O) groups excluding carboxylic acids is 1. The Bertz CT molecular complexity index is 1020. The summed E-state index contributed by atoms with van der Waals surface area (Å²) in [5, 5.41) is 7.53. The van der Waals surface area contributed by atoms with Crippen molar-refractivity contribution in [3.05, 3.63) is 64.8 Å². The maximum Gasteiger partial charge on any atom is 0.229 e. The number of nitrogens with zero attached hydrogens (tertiary/aromatic N) is 2. The molecular formula is C22H23N3O3. The van der Waals surface area contributed by atoms with Crippen LogP contribution in [0.3, 0.4) is 0 Å². The molecule has 0 radical (unpaired) electrons. The second kappa shape index (κ2) is 7.38. The van der Waals surface area contributed by atoms with Crippen LogP contribution in [0.25, 0.3) is 5.69 Å². The molecule has 0 saturated heterocycles. The van der Waals surface area contributed by atoms with Crippen molar-refractivity contribution in [2.24, 2.45) is 0 Å². The average molecular weight is 377 g/mol. The van der Waals surface area contributed by atoms with Crippen molar-refractivity contribution in [1.82, 2.24) is 9.78 Å². The summed E-state index contributed by atoms with van der Waals surface area (Å²) in [5.41, 5.74) is 4.94. The normalized spacial score (nSPS) is 12.7. The zero-order valence-corrected chi connectivity index (χ0v) is 16.3. The van der Waals surface area contributed by atoms with E-state index in [2.05, 4.69) is 28.6 Å². The Morgan fingerprint density at radius 1 is 1.00 bits per heavy atom. The third kappa shape index (κ3) is 3.86. The van der Waals surface area contributed by atoms with Crippen molar-refractivity contribution in [3.8, 4) is 17.2 Å².